The van der Waals surface area contributed by atoms with Gasteiger partial charge >= 0.3 is 0 Å². The van der Waals surface area contributed by atoms with Crippen molar-refractivity contribution in [3.63, 3.8) is 0 Å². The molecule has 0 aliphatic carbocycles. The summed E-state index contributed by atoms with van der Waals surface area (Å²) in [6, 6.07) is 22.8. The lowest BCUT2D eigenvalue weighted by Gasteiger charge is -2.06. The van der Waals surface area contributed by atoms with Crippen LogP contribution in [0.1, 0.15) is 15.9 Å². The van der Waals surface area contributed by atoms with Gasteiger partial charge in [-0.15, -0.1) is 0 Å². The standard InChI is InChI=1S/C21H17BrN2O2/c1-26-20-11-7-16(8-12-20)17-3-2-4-18(13-17)21(25)24-23-14-15-5-9-19(22)10-6-15/h2-14H,1H3,(H,24,25)/b23-14+. The molecule has 0 bridgehead atoms. The summed E-state index contributed by atoms with van der Waals surface area (Å²) in [7, 11) is 1.63. The van der Waals surface area contributed by atoms with E-state index < -0.39 is 0 Å². The molecule has 3 aromatic carbocycles. The van der Waals surface area contributed by atoms with Crippen molar-refractivity contribution in [3.8, 4) is 16.9 Å². The topological polar surface area (TPSA) is 50.7 Å². The Kier molecular flexibility index (Phi) is 5.81. The molecule has 0 heterocycles. The van der Waals surface area contributed by atoms with Crippen molar-refractivity contribution in [1.29, 1.82) is 0 Å². The van der Waals surface area contributed by atoms with Crippen LogP contribution >= 0.6 is 15.9 Å². The number of hydrogen-bond acceptors (Lipinski definition) is 3. The number of hydrogen-bond donors (Lipinski definition) is 1. The van der Waals surface area contributed by atoms with Gasteiger partial charge in [0.2, 0.25) is 0 Å². The van der Waals surface area contributed by atoms with E-state index >= 15 is 0 Å². The number of amides is 1. The Labute approximate surface area is 160 Å². The Morgan fingerprint density at radius 3 is 2.42 bits per heavy atom. The molecule has 26 heavy (non-hydrogen) atoms. The lowest BCUT2D eigenvalue weighted by atomic mass is 10.0. The van der Waals surface area contributed by atoms with Crippen molar-refractivity contribution in [2.45, 2.75) is 0 Å². The number of ether oxygens (including phenoxy) is 1. The van der Waals surface area contributed by atoms with Crippen molar-refractivity contribution in [2.24, 2.45) is 5.10 Å². The van der Waals surface area contributed by atoms with Crippen LogP contribution in [0.4, 0.5) is 0 Å². The number of benzene rings is 3. The van der Waals surface area contributed by atoms with Gasteiger partial charge in [-0.25, -0.2) is 5.43 Å². The van der Waals surface area contributed by atoms with Gasteiger partial charge in [-0.1, -0.05) is 52.3 Å². The molecular formula is C21H17BrN2O2. The van der Waals surface area contributed by atoms with E-state index in [0.717, 1.165) is 26.9 Å². The van der Waals surface area contributed by atoms with Gasteiger partial charge in [0.05, 0.1) is 13.3 Å². The summed E-state index contributed by atoms with van der Waals surface area (Å²) in [5, 5.41) is 4.02. The van der Waals surface area contributed by atoms with Crippen molar-refractivity contribution < 1.29 is 9.53 Å². The number of nitrogens with zero attached hydrogens (tertiary/aromatic N) is 1. The number of hydrazone groups is 1. The van der Waals surface area contributed by atoms with Crippen LogP contribution in [0.2, 0.25) is 0 Å². The van der Waals surface area contributed by atoms with E-state index in [1.54, 1.807) is 19.4 Å². The minimum absolute atomic E-state index is 0.256. The lowest BCUT2D eigenvalue weighted by Crippen LogP contribution is -2.17. The average Bonchev–Trinajstić information content (AvgIpc) is 2.69. The first-order chi connectivity index (χ1) is 12.7. The van der Waals surface area contributed by atoms with Gasteiger partial charge in [0.15, 0.2) is 0 Å². The molecule has 3 rings (SSSR count). The molecule has 0 atom stereocenters. The molecule has 0 saturated heterocycles. The molecule has 4 nitrogen and oxygen atoms in total. The van der Waals surface area contributed by atoms with Crippen LogP contribution in [-0.4, -0.2) is 19.2 Å². The van der Waals surface area contributed by atoms with Gasteiger partial charge in [-0.3, -0.25) is 4.79 Å². The Morgan fingerprint density at radius 1 is 1.00 bits per heavy atom. The van der Waals surface area contributed by atoms with E-state index in [4.69, 9.17) is 4.74 Å². The van der Waals surface area contributed by atoms with E-state index in [-0.39, 0.29) is 5.91 Å². The third-order valence-electron chi connectivity index (χ3n) is 3.80. The number of carbonyl (C=O) groups excluding carboxylic acids is 1. The normalized spacial score (nSPS) is 10.7. The molecule has 1 amide bonds. The van der Waals surface area contributed by atoms with E-state index in [9.17, 15) is 4.79 Å². The maximum atomic E-state index is 12.3. The van der Waals surface area contributed by atoms with Crippen LogP contribution in [0.15, 0.2) is 82.4 Å². The summed E-state index contributed by atoms with van der Waals surface area (Å²) in [6.07, 6.45) is 1.61. The lowest BCUT2D eigenvalue weighted by molar-refractivity contribution is 0.0955. The highest BCUT2D eigenvalue weighted by Gasteiger charge is 2.06. The number of rotatable bonds is 5. The monoisotopic (exact) mass is 408 g/mol. The fourth-order valence-corrected chi connectivity index (χ4v) is 2.67. The number of halogens is 1. The average molecular weight is 409 g/mol. The molecule has 0 radical (unpaired) electrons. The Hall–Kier alpha value is -2.92. The Balaban J connectivity index is 1.70. The molecule has 0 spiro atoms. The summed E-state index contributed by atoms with van der Waals surface area (Å²) < 4.78 is 6.17. The van der Waals surface area contributed by atoms with Gasteiger partial charge in [0.1, 0.15) is 5.75 Å². The fraction of sp³-hybridized carbons (Fsp3) is 0.0476. The molecule has 0 fully saturated rings. The van der Waals surface area contributed by atoms with E-state index in [1.165, 1.54) is 0 Å². The molecule has 0 aliphatic rings. The third kappa shape index (κ3) is 4.58. The van der Waals surface area contributed by atoms with Crippen molar-refractivity contribution in [3.05, 3.63) is 88.4 Å². The van der Waals surface area contributed by atoms with E-state index in [2.05, 4.69) is 26.5 Å². The van der Waals surface area contributed by atoms with Crippen molar-refractivity contribution in [1.82, 2.24) is 5.43 Å². The van der Waals surface area contributed by atoms with Crippen LogP contribution in [0, 0.1) is 0 Å². The highest BCUT2D eigenvalue weighted by molar-refractivity contribution is 9.10. The predicted molar refractivity (Wildman–Crippen MR) is 108 cm³/mol. The molecule has 0 saturated carbocycles. The van der Waals surface area contributed by atoms with Crippen LogP contribution in [0.3, 0.4) is 0 Å². The van der Waals surface area contributed by atoms with Gasteiger partial charge in [-0.2, -0.15) is 5.10 Å². The van der Waals surface area contributed by atoms with Crippen molar-refractivity contribution in [2.75, 3.05) is 7.11 Å². The number of methoxy groups -OCH3 is 1. The second-order valence-corrected chi connectivity index (χ2v) is 6.48. The van der Waals surface area contributed by atoms with Crippen LogP contribution in [-0.2, 0) is 0 Å². The molecule has 130 valence electrons. The van der Waals surface area contributed by atoms with Gasteiger partial charge in [0.25, 0.3) is 5.91 Å². The third-order valence-corrected chi connectivity index (χ3v) is 4.33. The molecule has 0 unspecified atom stereocenters. The number of carbonyl (C=O) groups is 1. The quantitative estimate of drug-likeness (QED) is 0.482. The summed E-state index contributed by atoms with van der Waals surface area (Å²) in [4.78, 5) is 12.3. The second kappa shape index (κ2) is 8.45. The van der Waals surface area contributed by atoms with Gasteiger partial charge in [-0.05, 0) is 53.1 Å². The molecule has 0 aromatic heterocycles. The Morgan fingerprint density at radius 2 is 1.73 bits per heavy atom. The predicted octanol–water partition coefficient (Wildman–Crippen LogP) is 4.89. The van der Waals surface area contributed by atoms with E-state index in [1.807, 2.05) is 66.7 Å². The molecule has 5 heteroatoms. The van der Waals surface area contributed by atoms with Crippen molar-refractivity contribution >= 4 is 28.1 Å². The summed E-state index contributed by atoms with van der Waals surface area (Å²) in [5.41, 5.74) is 5.98. The molecule has 3 aromatic rings. The molecular weight excluding hydrogens is 392 g/mol. The Bertz CT molecular complexity index is 920. The largest absolute Gasteiger partial charge is 0.497 e. The first kappa shape index (κ1) is 17.9. The zero-order chi connectivity index (χ0) is 18.4. The maximum Gasteiger partial charge on any atom is 0.271 e. The first-order valence-electron chi connectivity index (χ1n) is 7.99. The smallest absolute Gasteiger partial charge is 0.271 e. The minimum Gasteiger partial charge on any atom is -0.497 e. The SMILES string of the molecule is COc1ccc(-c2cccc(C(=O)N/N=C/c3ccc(Br)cc3)c2)cc1. The summed E-state index contributed by atoms with van der Waals surface area (Å²) in [5.74, 6) is 0.540. The molecule has 0 aliphatic heterocycles. The highest BCUT2D eigenvalue weighted by atomic mass is 79.9. The van der Waals surface area contributed by atoms with Crippen LogP contribution < -0.4 is 10.2 Å². The minimum atomic E-state index is -0.256. The van der Waals surface area contributed by atoms with Crippen LogP contribution in [0.5, 0.6) is 5.75 Å². The van der Waals surface area contributed by atoms with Gasteiger partial charge in [0, 0.05) is 10.0 Å². The van der Waals surface area contributed by atoms with E-state index in [0.29, 0.717) is 5.56 Å². The van der Waals surface area contributed by atoms with Crippen LogP contribution in [0.25, 0.3) is 11.1 Å². The summed E-state index contributed by atoms with van der Waals surface area (Å²) >= 11 is 3.38. The number of nitrogens with one attached hydrogen (secondary N) is 1. The van der Waals surface area contributed by atoms with Gasteiger partial charge < -0.3 is 4.74 Å². The summed E-state index contributed by atoms with van der Waals surface area (Å²) in [6.45, 7) is 0. The first-order valence-corrected chi connectivity index (χ1v) is 8.78. The second-order valence-electron chi connectivity index (χ2n) is 5.56. The fourth-order valence-electron chi connectivity index (χ4n) is 2.40. The zero-order valence-electron chi connectivity index (χ0n) is 14.1. The zero-order valence-corrected chi connectivity index (χ0v) is 15.7. The molecule has 1 N–H and O–H groups in total. The maximum absolute atomic E-state index is 12.3. The highest BCUT2D eigenvalue weighted by Crippen LogP contribution is 2.23.